The van der Waals surface area contributed by atoms with E-state index in [0.29, 0.717) is 16.4 Å². The Balaban J connectivity index is 2.09. The van der Waals surface area contributed by atoms with E-state index in [4.69, 9.17) is 16.3 Å². The van der Waals surface area contributed by atoms with Gasteiger partial charge in [-0.25, -0.2) is 4.79 Å². The molecule has 7 heteroatoms. The summed E-state index contributed by atoms with van der Waals surface area (Å²) in [7, 11) is 2.70. The van der Waals surface area contributed by atoms with E-state index in [2.05, 4.69) is 15.0 Å². The number of aromatic nitrogens is 1. The second kappa shape index (κ2) is 7.80. The monoisotopic (exact) mass is 336 g/mol. The van der Waals surface area contributed by atoms with Crippen LogP contribution in [0.5, 0.6) is 5.88 Å². The van der Waals surface area contributed by atoms with Crippen molar-refractivity contribution in [2.24, 2.45) is 0 Å². The molecule has 1 unspecified atom stereocenters. The lowest BCUT2D eigenvalue weighted by Gasteiger charge is -2.15. The number of hydrogen-bond donors (Lipinski definition) is 2. The molecule has 1 atom stereocenters. The molecule has 0 aliphatic rings. The topological polar surface area (TPSA) is 80.7 Å². The number of halogens is 1. The zero-order valence-electron chi connectivity index (χ0n) is 12.7. The molecule has 0 aliphatic carbocycles. The van der Waals surface area contributed by atoms with Crippen molar-refractivity contribution in [1.29, 1.82) is 0 Å². The molecule has 2 aromatic rings. The fourth-order valence-electron chi connectivity index (χ4n) is 2.02. The average Bonchev–Trinajstić information content (AvgIpc) is 2.59. The molecule has 0 aliphatic heterocycles. The lowest BCUT2D eigenvalue weighted by Crippen LogP contribution is -2.14. The smallest absolute Gasteiger partial charge is 0.343 e. The number of pyridine rings is 1. The molecular weight excluding hydrogens is 320 g/mol. The SMILES string of the molecule is COC(=O)c1ccc(NCC(O)c2ccccc2Cl)nc1OC. The van der Waals surface area contributed by atoms with Gasteiger partial charge in [-0.2, -0.15) is 4.98 Å². The van der Waals surface area contributed by atoms with Crippen molar-refractivity contribution in [2.45, 2.75) is 6.10 Å². The molecule has 23 heavy (non-hydrogen) atoms. The summed E-state index contributed by atoms with van der Waals surface area (Å²) >= 11 is 6.05. The minimum Gasteiger partial charge on any atom is -0.480 e. The molecular formula is C16H17ClN2O4. The van der Waals surface area contributed by atoms with Gasteiger partial charge in [0, 0.05) is 17.1 Å². The number of carbonyl (C=O) groups is 1. The Morgan fingerprint density at radius 3 is 2.70 bits per heavy atom. The number of aliphatic hydroxyl groups excluding tert-OH is 1. The highest BCUT2D eigenvalue weighted by Crippen LogP contribution is 2.24. The number of hydrogen-bond acceptors (Lipinski definition) is 6. The van der Waals surface area contributed by atoms with Crippen LogP contribution in [0.15, 0.2) is 36.4 Å². The van der Waals surface area contributed by atoms with Crippen LogP contribution < -0.4 is 10.1 Å². The van der Waals surface area contributed by atoms with Crippen molar-refractivity contribution in [3.05, 3.63) is 52.5 Å². The number of esters is 1. The van der Waals surface area contributed by atoms with Crippen molar-refractivity contribution in [3.8, 4) is 5.88 Å². The van der Waals surface area contributed by atoms with Gasteiger partial charge in [-0.15, -0.1) is 0 Å². The molecule has 0 amide bonds. The van der Waals surface area contributed by atoms with Crippen molar-refractivity contribution in [2.75, 3.05) is 26.1 Å². The van der Waals surface area contributed by atoms with Crippen LogP contribution >= 0.6 is 11.6 Å². The normalized spacial score (nSPS) is 11.7. The first-order chi connectivity index (χ1) is 11.1. The van der Waals surface area contributed by atoms with Crippen LogP contribution in [-0.4, -0.2) is 36.8 Å². The third kappa shape index (κ3) is 4.12. The van der Waals surface area contributed by atoms with E-state index in [1.807, 2.05) is 0 Å². The van der Waals surface area contributed by atoms with Gasteiger partial charge in [0.2, 0.25) is 5.88 Å². The Labute approximate surface area is 139 Å². The van der Waals surface area contributed by atoms with E-state index < -0.39 is 12.1 Å². The highest BCUT2D eigenvalue weighted by molar-refractivity contribution is 6.31. The number of ether oxygens (including phenoxy) is 2. The standard InChI is InChI=1S/C16H17ClN2O4/c1-22-15-11(16(21)23-2)7-8-14(19-15)18-9-13(20)10-5-3-4-6-12(10)17/h3-8,13,20H,9H2,1-2H3,(H,18,19). The highest BCUT2D eigenvalue weighted by atomic mass is 35.5. The van der Waals surface area contributed by atoms with E-state index in [9.17, 15) is 9.90 Å². The lowest BCUT2D eigenvalue weighted by molar-refractivity contribution is 0.0596. The molecule has 1 aromatic carbocycles. The molecule has 1 aromatic heterocycles. The van der Waals surface area contributed by atoms with Gasteiger partial charge in [0.15, 0.2) is 0 Å². The van der Waals surface area contributed by atoms with Crippen LogP contribution in [0, 0.1) is 0 Å². The Hall–Kier alpha value is -2.31. The first kappa shape index (κ1) is 17.1. The van der Waals surface area contributed by atoms with Crippen molar-refractivity contribution in [3.63, 3.8) is 0 Å². The Morgan fingerprint density at radius 2 is 2.04 bits per heavy atom. The number of nitrogens with zero attached hydrogens (tertiary/aromatic N) is 1. The molecule has 0 bridgehead atoms. The average molecular weight is 337 g/mol. The summed E-state index contributed by atoms with van der Waals surface area (Å²) in [5.41, 5.74) is 0.854. The summed E-state index contributed by atoms with van der Waals surface area (Å²) in [5, 5.41) is 13.7. The molecule has 0 spiro atoms. The van der Waals surface area contributed by atoms with Crippen molar-refractivity contribution >= 4 is 23.4 Å². The Bertz CT molecular complexity index is 694. The molecule has 122 valence electrons. The predicted molar refractivity (Wildman–Crippen MR) is 87.0 cm³/mol. The Kier molecular flexibility index (Phi) is 5.78. The maximum atomic E-state index is 11.6. The number of benzene rings is 1. The van der Waals surface area contributed by atoms with Gasteiger partial charge < -0.3 is 19.9 Å². The molecule has 0 radical (unpaired) electrons. The van der Waals surface area contributed by atoms with E-state index >= 15 is 0 Å². The third-order valence-electron chi connectivity index (χ3n) is 3.20. The van der Waals surface area contributed by atoms with Crippen LogP contribution in [-0.2, 0) is 4.74 Å². The van der Waals surface area contributed by atoms with Crippen LogP contribution in [0.1, 0.15) is 22.0 Å². The third-order valence-corrected chi connectivity index (χ3v) is 3.54. The number of anilines is 1. The number of rotatable bonds is 6. The van der Waals surface area contributed by atoms with Gasteiger partial charge in [-0.3, -0.25) is 0 Å². The highest BCUT2D eigenvalue weighted by Gasteiger charge is 2.16. The van der Waals surface area contributed by atoms with Gasteiger partial charge in [0.25, 0.3) is 0 Å². The second-order valence-corrected chi connectivity index (χ2v) is 5.07. The van der Waals surface area contributed by atoms with Crippen molar-refractivity contribution < 1.29 is 19.4 Å². The fourth-order valence-corrected chi connectivity index (χ4v) is 2.28. The molecule has 0 saturated heterocycles. The molecule has 0 saturated carbocycles. The van der Waals surface area contributed by atoms with Gasteiger partial charge >= 0.3 is 5.97 Å². The second-order valence-electron chi connectivity index (χ2n) is 4.66. The van der Waals surface area contributed by atoms with E-state index in [1.54, 1.807) is 36.4 Å². The molecule has 6 nitrogen and oxygen atoms in total. The maximum absolute atomic E-state index is 11.6. The van der Waals surface area contributed by atoms with Gasteiger partial charge in [-0.1, -0.05) is 29.8 Å². The molecule has 0 fully saturated rings. The molecule has 2 N–H and O–H groups in total. The number of methoxy groups -OCH3 is 2. The summed E-state index contributed by atoms with van der Waals surface area (Å²) in [6.45, 7) is 0.206. The predicted octanol–water partition coefficient (Wildman–Crippen LogP) is 2.68. The number of aliphatic hydroxyl groups is 1. The first-order valence-corrected chi connectivity index (χ1v) is 7.24. The van der Waals surface area contributed by atoms with E-state index in [-0.39, 0.29) is 18.0 Å². The first-order valence-electron chi connectivity index (χ1n) is 6.86. The largest absolute Gasteiger partial charge is 0.480 e. The zero-order chi connectivity index (χ0) is 16.8. The quantitative estimate of drug-likeness (QED) is 0.789. The van der Waals surface area contributed by atoms with Crippen LogP contribution in [0.2, 0.25) is 5.02 Å². The van der Waals surface area contributed by atoms with Gasteiger partial charge in [0.1, 0.15) is 11.4 Å². The number of nitrogens with one attached hydrogen (secondary N) is 1. The fraction of sp³-hybridized carbons (Fsp3) is 0.250. The summed E-state index contributed by atoms with van der Waals surface area (Å²) in [4.78, 5) is 15.7. The minimum absolute atomic E-state index is 0.147. The maximum Gasteiger partial charge on any atom is 0.343 e. The van der Waals surface area contributed by atoms with Crippen LogP contribution in [0.3, 0.4) is 0 Å². The van der Waals surface area contributed by atoms with Crippen molar-refractivity contribution in [1.82, 2.24) is 4.98 Å². The van der Waals surface area contributed by atoms with E-state index in [1.165, 1.54) is 14.2 Å². The summed E-state index contributed by atoms with van der Waals surface area (Å²) in [6.07, 6.45) is -0.795. The Morgan fingerprint density at radius 1 is 1.30 bits per heavy atom. The summed E-state index contributed by atoms with van der Waals surface area (Å²) in [5.74, 6) is 0.0756. The number of carbonyl (C=O) groups excluding carboxylic acids is 1. The summed E-state index contributed by atoms with van der Waals surface area (Å²) < 4.78 is 9.74. The zero-order valence-corrected chi connectivity index (χ0v) is 13.5. The summed E-state index contributed by atoms with van der Waals surface area (Å²) in [6, 6.07) is 10.2. The van der Waals surface area contributed by atoms with Crippen LogP contribution in [0.25, 0.3) is 0 Å². The van der Waals surface area contributed by atoms with Gasteiger partial charge in [-0.05, 0) is 18.2 Å². The minimum atomic E-state index is -0.795. The lowest BCUT2D eigenvalue weighted by atomic mass is 10.1. The van der Waals surface area contributed by atoms with E-state index in [0.717, 1.165) is 0 Å². The van der Waals surface area contributed by atoms with Crippen LogP contribution in [0.4, 0.5) is 5.82 Å². The molecule has 2 rings (SSSR count). The van der Waals surface area contributed by atoms with Gasteiger partial charge in [0.05, 0.1) is 20.3 Å². The molecule has 1 heterocycles.